The van der Waals surface area contributed by atoms with Gasteiger partial charge in [-0.25, -0.2) is 18.8 Å². The summed E-state index contributed by atoms with van der Waals surface area (Å²) in [5.41, 5.74) is -1.19. The molecule has 0 saturated carbocycles. The van der Waals surface area contributed by atoms with Crippen LogP contribution in [0.1, 0.15) is 71.1 Å². The number of amides is 1. The van der Waals surface area contributed by atoms with E-state index in [0.717, 1.165) is 23.3 Å². The molecule has 1 saturated heterocycles. The molecule has 35 heavy (non-hydrogen) atoms. The van der Waals surface area contributed by atoms with Gasteiger partial charge >= 0.3 is 18.0 Å². The molecular weight excluding hydrogens is 459 g/mol. The molecule has 1 aliphatic rings. The van der Waals surface area contributed by atoms with E-state index in [-0.39, 0.29) is 6.42 Å². The summed E-state index contributed by atoms with van der Waals surface area (Å²) >= 11 is 0. The highest BCUT2D eigenvalue weighted by atomic mass is 19.1. The van der Waals surface area contributed by atoms with Gasteiger partial charge in [-0.05, 0) is 65.0 Å². The minimum absolute atomic E-state index is 0.170. The largest absolute Gasteiger partial charge is 0.478 e. The van der Waals surface area contributed by atoms with Gasteiger partial charge in [0.1, 0.15) is 17.3 Å². The number of carbonyl (C=O) groups is 3. The van der Waals surface area contributed by atoms with E-state index in [1.54, 1.807) is 33.0 Å². The third-order valence-corrected chi connectivity index (χ3v) is 5.57. The minimum Gasteiger partial charge on any atom is -0.478 e. The first-order chi connectivity index (χ1) is 16.2. The maximum absolute atomic E-state index is 14.5. The molecule has 10 heteroatoms. The lowest BCUT2D eigenvalue weighted by molar-refractivity contribution is -0.168. The Morgan fingerprint density at radius 2 is 1.83 bits per heavy atom. The first-order valence-corrected chi connectivity index (χ1v) is 11.8. The number of pyridine rings is 1. The third-order valence-electron chi connectivity index (χ3n) is 5.57. The summed E-state index contributed by atoms with van der Waals surface area (Å²) in [4.78, 5) is 42.6. The van der Waals surface area contributed by atoms with Crippen molar-refractivity contribution in [1.82, 2.24) is 9.88 Å². The summed E-state index contributed by atoms with van der Waals surface area (Å²) in [6.07, 6.45) is 0.531. The summed E-state index contributed by atoms with van der Waals surface area (Å²) in [5.74, 6) is -2.06. The van der Waals surface area contributed by atoms with Gasteiger partial charge < -0.3 is 19.3 Å². The van der Waals surface area contributed by atoms with Crippen molar-refractivity contribution in [2.75, 3.05) is 20.3 Å². The number of likely N-dealkylation sites (N-methyl/N-ethyl adjacent to an activating group) is 1. The first-order valence-electron chi connectivity index (χ1n) is 11.8. The fourth-order valence-corrected chi connectivity index (χ4v) is 3.72. The Hall–Kier alpha value is -2.75. The van der Waals surface area contributed by atoms with Crippen LogP contribution in [0.3, 0.4) is 0 Å². The monoisotopic (exact) mass is 496 g/mol. The van der Waals surface area contributed by atoms with Crippen LogP contribution in [0.15, 0.2) is 18.3 Å². The van der Waals surface area contributed by atoms with Crippen molar-refractivity contribution >= 4 is 18.0 Å². The van der Waals surface area contributed by atoms with Gasteiger partial charge in [0.25, 0.3) is 0 Å². The Morgan fingerprint density at radius 1 is 1.20 bits per heavy atom. The predicted octanol–water partition coefficient (Wildman–Crippen LogP) is 3.89. The number of hydrogen-bond acceptors (Lipinski definition) is 7. The fraction of sp³-hybridized carbons (Fsp3) is 0.680. The molecule has 2 unspecified atom stereocenters. The van der Waals surface area contributed by atoms with E-state index in [2.05, 4.69) is 4.98 Å². The first kappa shape index (κ1) is 28.5. The zero-order chi connectivity index (χ0) is 26.4. The van der Waals surface area contributed by atoms with Crippen LogP contribution >= 0.6 is 0 Å². The Balaban J connectivity index is 2.13. The van der Waals surface area contributed by atoms with Crippen LogP contribution < -0.4 is 0 Å². The number of hydrogen-bond donors (Lipinski definition) is 1. The maximum atomic E-state index is 14.5. The molecule has 9 nitrogen and oxygen atoms in total. The molecule has 0 aliphatic carbocycles. The number of esters is 1. The van der Waals surface area contributed by atoms with Crippen molar-refractivity contribution in [3.05, 3.63) is 29.6 Å². The van der Waals surface area contributed by atoms with Crippen molar-refractivity contribution in [3.63, 3.8) is 0 Å². The molecule has 1 N–H and O–H groups in total. The number of ether oxygens (including phenoxy) is 3. The second-order valence-corrected chi connectivity index (χ2v) is 10.5. The number of rotatable bonds is 9. The van der Waals surface area contributed by atoms with Gasteiger partial charge in [-0.1, -0.05) is 6.07 Å². The minimum atomic E-state index is -1.83. The Labute approximate surface area is 205 Å². The Bertz CT molecular complexity index is 871. The quantitative estimate of drug-likeness (QED) is 0.512. The summed E-state index contributed by atoms with van der Waals surface area (Å²) in [7, 11) is 1.29. The topological polar surface area (TPSA) is 115 Å². The molecule has 0 spiro atoms. The molecule has 0 aromatic carbocycles. The van der Waals surface area contributed by atoms with Gasteiger partial charge in [0.2, 0.25) is 6.10 Å². The van der Waals surface area contributed by atoms with Crippen LogP contribution in [0.2, 0.25) is 0 Å². The molecular formula is C25H37FN2O7. The zero-order valence-electron chi connectivity index (χ0n) is 21.4. The molecule has 1 amide bonds. The lowest BCUT2D eigenvalue weighted by Gasteiger charge is -2.32. The number of halogens is 1. The SMILES string of the molecule is CN(C(=O)OC(C)(C)C)C(CC(C)(C)F)C(=O)OC(Cc1ccc(C2CCOCC2)cn1)C(=O)O. The molecule has 2 heterocycles. The number of alkyl halides is 1. The molecule has 196 valence electrons. The highest BCUT2D eigenvalue weighted by Gasteiger charge is 2.38. The summed E-state index contributed by atoms with van der Waals surface area (Å²) in [6.45, 7) is 8.88. The number of carbonyl (C=O) groups excluding carboxylic acids is 2. The van der Waals surface area contributed by atoms with E-state index < -0.39 is 47.9 Å². The highest BCUT2D eigenvalue weighted by molar-refractivity contribution is 5.84. The summed E-state index contributed by atoms with van der Waals surface area (Å²) in [6, 6.07) is 2.23. The van der Waals surface area contributed by atoms with Gasteiger partial charge in [0.15, 0.2) is 0 Å². The molecule has 1 aromatic heterocycles. The lowest BCUT2D eigenvalue weighted by Crippen LogP contribution is -2.49. The van der Waals surface area contributed by atoms with Crippen molar-refractivity contribution in [2.24, 2.45) is 0 Å². The number of nitrogens with zero attached hydrogens (tertiary/aromatic N) is 2. The van der Waals surface area contributed by atoms with E-state index in [1.807, 2.05) is 6.07 Å². The maximum Gasteiger partial charge on any atom is 0.410 e. The van der Waals surface area contributed by atoms with E-state index in [1.165, 1.54) is 20.9 Å². The molecule has 0 bridgehead atoms. The van der Waals surface area contributed by atoms with Crippen LogP contribution in [0, 0.1) is 0 Å². The molecule has 0 radical (unpaired) electrons. The Morgan fingerprint density at radius 3 is 2.31 bits per heavy atom. The van der Waals surface area contributed by atoms with Crippen LogP contribution in [-0.4, -0.2) is 76.7 Å². The van der Waals surface area contributed by atoms with Gasteiger partial charge in [0, 0.05) is 45.0 Å². The molecule has 2 atom stereocenters. The van der Waals surface area contributed by atoms with Crippen LogP contribution in [0.4, 0.5) is 9.18 Å². The normalized spacial score (nSPS) is 16.8. The second-order valence-electron chi connectivity index (χ2n) is 10.5. The molecule has 1 aliphatic heterocycles. The summed E-state index contributed by atoms with van der Waals surface area (Å²) in [5, 5.41) is 9.66. The van der Waals surface area contributed by atoms with Gasteiger partial charge in [-0.15, -0.1) is 0 Å². The smallest absolute Gasteiger partial charge is 0.410 e. The van der Waals surface area contributed by atoms with E-state index in [0.29, 0.717) is 24.8 Å². The van der Waals surface area contributed by atoms with Crippen molar-refractivity contribution in [2.45, 2.75) is 89.6 Å². The van der Waals surface area contributed by atoms with Crippen LogP contribution in [0.25, 0.3) is 0 Å². The lowest BCUT2D eigenvalue weighted by atomic mass is 9.93. The number of aromatic nitrogens is 1. The average molecular weight is 497 g/mol. The molecule has 1 fully saturated rings. The molecule has 2 rings (SSSR count). The van der Waals surface area contributed by atoms with Crippen molar-refractivity contribution in [3.8, 4) is 0 Å². The van der Waals surface area contributed by atoms with Crippen molar-refractivity contribution in [1.29, 1.82) is 0 Å². The fourth-order valence-electron chi connectivity index (χ4n) is 3.72. The number of carboxylic acid groups (broad SMARTS) is 1. The van der Waals surface area contributed by atoms with E-state index >= 15 is 0 Å². The number of aliphatic carboxylic acids is 1. The highest BCUT2D eigenvalue weighted by Crippen LogP contribution is 2.27. The predicted molar refractivity (Wildman–Crippen MR) is 126 cm³/mol. The van der Waals surface area contributed by atoms with Gasteiger partial charge in [0.05, 0.1) is 0 Å². The van der Waals surface area contributed by atoms with Gasteiger partial charge in [-0.2, -0.15) is 0 Å². The number of carboxylic acids is 1. The van der Waals surface area contributed by atoms with Gasteiger partial charge in [-0.3, -0.25) is 9.88 Å². The van der Waals surface area contributed by atoms with Crippen LogP contribution in [-0.2, 0) is 30.2 Å². The second kappa shape index (κ2) is 11.8. The zero-order valence-corrected chi connectivity index (χ0v) is 21.4. The van der Waals surface area contributed by atoms with Crippen molar-refractivity contribution < 1.29 is 38.1 Å². The van der Waals surface area contributed by atoms with E-state index in [9.17, 15) is 23.9 Å². The van der Waals surface area contributed by atoms with Crippen LogP contribution in [0.5, 0.6) is 0 Å². The van der Waals surface area contributed by atoms with E-state index in [4.69, 9.17) is 14.2 Å². The Kier molecular flexibility index (Phi) is 9.60. The third kappa shape index (κ3) is 9.43. The average Bonchev–Trinajstić information content (AvgIpc) is 2.75. The molecule has 1 aromatic rings. The summed E-state index contributed by atoms with van der Waals surface area (Å²) < 4.78 is 30.4. The standard InChI is InChI=1S/C25H37FN2O7/c1-24(2,3)35-23(32)28(6)19(14-25(4,5)26)22(31)34-20(21(29)30)13-18-8-7-17(15-27-18)16-9-11-33-12-10-16/h7-8,15-16,19-20H,9-14H2,1-6H3,(H,29,30).